The SMILES string of the molecule is Nc1nc2c(-c3c(C(F)(F)F)cc4c(N5C[C@H]6CC[C@@H](C5)N6)nc(OC[C@@]56CCCN5C[C@H](F)C6)nc4c3Cl)ccc(F)c2s1. The summed E-state index contributed by atoms with van der Waals surface area (Å²) < 4.78 is 80.0. The molecule has 4 fully saturated rings. The van der Waals surface area contributed by atoms with E-state index in [9.17, 15) is 22.0 Å². The van der Waals surface area contributed by atoms with Crippen LogP contribution in [-0.4, -0.2) is 76.4 Å². The topological polar surface area (TPSA) is 92.4 Å². The molecule has 15 heteroatoms. The molecule has 8 nitrogen and oxygen atoms in total. The molecule has 0 unspecified atom stereocenters. The maximum atomic E-state index is 14.9. The molecule has 4 atom stereocenters. The minimum Gasteiger partial charge on any atom is -0.461 e. The summed E-state index contributed by atoms with van der Waals surface area (Å²) in [6, 6.07) is 3.63. The first-order valence-corrected chi connectivity index (χ1v) is 16.2. The van der Waals surface area contributed by atoms with E-state index < -0.39 is 29.3 Å². The van der Waals surface area contributed by atoms with Gasteiger partial charge in [-0.15, -0.1) is 0 Å². The van der Waals surface area contributed by atoms with Crippen molar-refractivity contribution in [2.75, 3.05) is 43.4 Å². The lowest BCUT2D eigenvalue weighted by molar-refractivity contribution is -0.137. The van der Waals surface area contributed by atoms with E-state index in [0.717, 1.165) is 55.7 Å². The number of hydrogen-bond donors (Lipinski definition) is 2. The molecule has 2 bridgehead atoms. The molecule has 4 aliphatic heterocycles. The molecule has 2 aromatic heterocycles. The minimum atomic E-state index is -4.83. The van der Waals surface area contributed by atoms with E-state index in [1.165, 1.54) is 6.07 Å². The van der Waals surface area contributed by atoms with Gasteiger partial charge in [0.1, 0.15) is 24.4 Å². The molecule has 0 aliphatic carbocycles. The lowest BCUT2D eigenvalue weighted by atomic mass is 9.95. The van der Waals surface area contributed by atoms with Crippen LogP contribution in [0.1, 0.15) is 37.7 Å². The number of halogens is 6. The van der Waals surface area contributed by atoms with Crippen LogP contribution in [0.25, 0.3) is 32.2 Å². The van der Waals surface area contributed by atoms with Gasteiger partial charge in [0.05, 0.1) is 31.9 Å². The van der Waals surface area contributed by atoms with Crippen LogP contribution in [-0.2, 0) is 6.18 Å². The number of ether oxygens (including phenoxy) is 1. The average molecular weight is 666 g/mol. The minimum absolute atomic E-state index is 0.0122. The zero-order chi connectivity index (χ0) is 31.2. The van der Waals surface area contributed by atoms with Crippen LogP contribution in [0.2, 0.25) is 5.02 Å². The second-order valence-corrected chi connectivity index (χ2v) is 14.0. The molecule has 4 aliphatic rings. The molecule has 238 valence electrons. The maximum absolute atomic E-state index is 14.9. The Bertz CT molecular complexity index is 1830. The van der Waals surface area contributed by atoms with E-state index in [4.69, 9.17) is 27.1 Å². The Kier molecular flexibility index (Phi) is 6.83. The van der Waals surface area contributed by atoms with Crippen molar-refractivity contribution < 1.29 is 26.7 Å². The molecule has 0 radical (unpaired) electrons. The quantitative estimate of drug-likeness (QED) is 0.244. The Balaban J connectivity index is 1.32. The summed E-state index contributed by atoms with van der Waals surface area (Å²) >= 11 is 7.78. The smallest absolute Gasteiger partial charge is 0.417 e. The number of nitrogens with zero attached hydrogens (tertiary/aromatic N) is 5. The first-order valence-electron chi connectivity index (χ1n) is 15.0. The maximum Gasteiger partial charge on any atom is 0.417 e. The van der Waals surface area contributed by atoms with Gasteiger partial charge in [-0.3, -0.25) is 4.90 Å². The number of rotatable bonds is 5. The number of alkyl halides is 4. The first kappa shape index (κ1) is 29.3. The standard InChI is InChI=1S/C30H29ClF5N7OS/c31-22-21(17-4-5-20(33)25-24(17)39-27(37)45-25)19(30(34,35)36)8-18-23(22)40-28(41-26(18)42-11-15-2-3-16(12-42)38-15)44-13-29-6-1-7-43(29)10-14(32)9-29/h4-5,8,14-16,38H,1-3,6-7,9-13H2,(H2,37,39)/t14-,15-,16+,29+/m1/s1. The summed E-state index contributed by atoms with van der Waals surface area (Å²) in [6.45, 7) is 2.35. The molecule has 4 saturated heterocycles. The van der Waals surface area contributed by atoms with Gasteiger partial charge in [-0.1, -0.05) is 22.9 Å². The van der Waals surface area contributed by atoms with E-state index in [2.05, 4.69) is 20.2 Å². The summed E-state index contributed by atoms with van der Waals surface area (Å²) in [4.78, 5) is 17.5. The number of anilines is 2. The third-order valence-electron chi connectivity index (χ3n) is 9.72. The van der Waals surface area contributed by atoms with Crippen LogP contribution in [0.15, 0.2) is 18.2 Å². The molecular weight excluding hydrogens is 637 g/mol. The van der Waals surface area contributed by atoms with Crippen molar-refractivity contribution in [3.63, 3.8) is 0 Å². The number of nitrogens with one attached hydrogen (secondary N) is 1. The van der Waals surface area contributed by atoms with Gasteiger partial charge in [0, 0.05) is 54.7 Å². The van der Waals surface area contributed by atoms with Crippen molar-refractivity contribution in [2.24, 2.45) is 0 Å². The molecule has 0 amide bonds. The number of nitrogen functional groups attached to an aromatic ring is 1. The Hall–Kier alpha value is -3.07. The van der Waals surface area contributed by atoms with E-state index in [-0.39, 0.29) is 67.1 Å². The third kappa shape index (κ3) is 4.86. The largest absolute Gasteiger partial charge is 0.461 e. The number of piperazine rings is 1. The summed E-state index contributed by atoms with van der Waals surface area (Å²) in [5.74, 6) is -0.352. The van der Waals surface area contributed by atoms with Crippen molar-refractivity contribution in [1.82, 2.24) is 25.2 Å². The molecular formula is C30H29ClF5N7OS. The molecule has 3 N–H and O–H groups in total. The Morgan fingerprint density at radius 2 is 1.89 bits per heavy atom. The van der Waals surface area contributed by atoms with E-state index >= 15 is 0 Å². The fraction of sp³-hybridized carbons (Fsp3) is 0.500. The van der Waals surface area contributed by atoms with Gasteiger partial charge in [-0.25, -0.2) is 13.8 Å². The fourth-order valence-corrected chi connectivity index (χ4v) is 8.91. The lowest BCUT2D eigenvalue weighted by Gasteiger charge is -2.35. The van der Waals surface area contributed by atoms with Crippen molar-refractivity contribution in [3.8, 4) is 17.1 Å². The molecule has 0 saturated carbocycles. The fourth-order valence-electron chi connectivity index (χ4n) is 7.79. The first-order chi connectivity index (χ1) is 21.5. The Labute approximate surface area is 263 Å². The number of thiazole rings is 1. The lowest BCUT2D eigenvalue weighted by Crippen LogP contribution is -2.51. The predicted octanol–water partition coefficient (Wildman–Crippen LogP) is 6.20. The van der Waals surface area contributed by atoms with Crippen LogP contribution in [0.4, 0.5) is 32.9 Å². The number of benzene rings is 2. The van der Waals surface area contributed by atoms with Crippen LogP contribution < -0.4 is 20.7 Å². The second-order valence-electron chi connectivity index (χ2n) is 12.6. The summed E-state index contributed by atoms with van der Waals surface area (Å²) in [7, 11) is 0. The highest BCUT2D eigenvalue weighted by atomic mass is 35.5. The highest BCUT2D eigenvalue weighted by Crippen LogP contribution is 2.49. The number of fused-ring (bicyclic) bond motifs is 5. The van der Waals surface area contributed by atoms with Gasteiger partial charge >= 0.3 is 12.2 Å². The molecule has 4 aromatic rings. The number of nitrogens with two attached hydrogens (primary N) is 1. The zero-order valence-electron chi connectivity index (χ0n) is 23.9. The van der Waals surface area contributed by atoms with Crippen molar-refractivity contribution >= 4 is 55.0 Å². The highest BCUT2D eigenvalue weighted by Gasteiger charge is 2.49. The van der Waals surface area contributed by atoms with Gasteiger partial charge in [-0.05, 0) is 50.4 Å². The highest BCUT2D eigenvalue weighted by molar-refractivity contribution is 7.22. The van der Waals surface area contributed by atoms with Crippen molar-refractivity contribution in [3.05, 3.63) is 34.6 Å². The zero-order valence-corrected chi connectivity index (χ0v) is 25.5. The second kappa shape index (κ2) is 10.5. The van der Waals surface area contributed by atoms with Gasteiger partial charge in [0.25, 0.3) is 0 Å². The number of aromatic nitrogens is 3. The molecule has 45 heavy (non-hydrogen) atoms. The van der Waals surface area contributed by atoms with Gasteiger partial charge in [0.2, 0.25) is 0 Å². The van der Waals surface area contributed by atoms with Crippen LogP contribution in [0.5, 0.6) is 6.01 Å². The normalized spacial score (nSPS) is 26.8. The van der Waals surface area contributed by atoms with E-state index in [1.54, 1.807) is 0 Å². The van der Waals surface area contributed by atoms with E-state index in [0.29, 0.717) is 31.9 Å². The predicted molar refractivity (Wildman–Crippen MR) is 163 cm³/mol. The molecule has 8 rings (SSSR count). The Morgan fingerprint density at radius 3 is 2.64 bits per heavy atom. The Morgan fingerprint density at radius 1 is 1.11 bits per heavy atom. The van der Waals surface area contributed by atoms with Gasteiger partial charge < -0.3 is 20.7 Å². The van der Waals surface area contributed by atoms with Crippen LogP contribution in [0, 0.1) is 5.82 Å². The summed E-state index contributed by atoms with van der Waals surface area (Å²) in [5.41, 5.74) is 4.02. The van der Waals surface area contributed by atoms with Crippen LogP contribution in [0.3, 0.4) is 0 Å². The van der Waals surface area contributed by atoms with Crippen molar-refractivity contribution in [2.45, 2.75) is 62.1 Å². The van der Waals surface area contributed by atoms with E-state index in [1.807, 2.05) is 4.90 Å². The molecule has 0 spiro atoms. The van der Waals surface area contributed by atoms with Crippen molar-refractivity contribution in [1.29, 1.82) is 0 Å². The number of hydrogen-bond acceptors (Lipinski definition) is 9. The monoisotopic (exact) mass is 665 g/mol. The van der Waals surface area contributed by atoms with Gasteiger partial charge in [0.15, 0.2) is 5.13 Å². The summed E-state index contributed by atoms with van der Waals surface area (Å²) in [5, 5.41) is 3.40. The van der Waals surface area contributed by atoms with Gasteiger partial charge in [-0.2, -0.15) is 23.1 Å². The molecule has 6 heterocycles. The average Bonchev–Trinajstić information content (AvgIpc) is 3.73. The van der Waals surface area contributed by atoms with Crippen LogP contribution >= 0.6 is 22.9 Å². The third-order valence-corrected chi connectivity index (χ3v) is 11.0. The molecule has 2 aromatic carbocycles. The summed E-state index contributed by atoms with van der Waals surface area (Å²) in [6.07, 6.45) is -1.85.